The van der Waals surface area contributed by atoms with Crippen LogP contribution in [0.3, 0.4) is 0 Å². The first-order chi connectivity index (χ1) is 13.8. The number of allylic oxidation sites excluding steroid dienone is 1. The van der Waals surface area contributed by atoms with E-state index in [-0.39, 0.29) is 5.92 Å². The van der Waals surface area contributed by atoms with Crippen LogP contribution >= 0.6 is 11.7 Å². The topological polar surface area (TPSA) is 80.1 Å². The molecule has 7 nitrogen and oxygen atoms in total. The second kappa shape index (κ2) is 6.48. The monoisotopic (exact) mass is 386 g/mol. The highest BCUT2D eigenvalue weighted by atomic mass is 32.1. The minimum Gasteiger partial charge on any atom is -0.496 e. The van der Waals surface area contributed by atoms with Gasteiger partial charge in [-0.25, -0.2) is 4.85 Å². The van der Waals surface area contributed by atoms with Crippen molar-refractivity contribution in [3.05, 3.63) is 82.5 Å². The van der Waals surface area contributed by atoms with Crippen LogP contribution in [0.25, 0.3) is 21.6 Å². The number of hydrogen-bond donors (Lipinski definition) is 2. The van der Waals surface area contributed by atoms with E-state index < -0.39 is 0 Å². The molecule has 8 heteroatoms. The zero-order chi connectivity index (χ0) is 19.1. The number of anilines is 1. The molecule has 0 saturated heterocycles. The third-order valence-corrected chi connectivity index (χ3v) is 5.43. The van der Waals surface area contributed by atoms with Crippen molar-refractivity contribution in [2.24, 2.45) is 0 Å². The van der Waals surface area contributed by atoms with Gasteiger partial charge in [-0.05, 0) is 17.7 Å². The molecule has 0 aliphatic carbocycles. The van der Waals surface area contributed by atoms with Gasteiger partial charge in [-0.15, -0.1) is 0 Å². The van der Waals surface area contributed by atoms with Crippen molar-refractivity contribution in [2.45, 2.75) is 5.92 Å². The van der Waals surface area contributed by atoms with Crippen molar-refractivity contribution < 1.29 is 4.74 Å². The number of methoxy groups -OCH3 is 1. The Morgan fingerprint density at radius 1 is 1.11 bits per heavy atom. The molecule has 136 valence electrons. The first-order valence-corrected chi connectivity index (χ1v) is 9.31. The number of aromatic amines is 1. The standard InChI is InChI=1S/C20H14N6OS/c1-21-19-16(12-7-5-8-14-17(12)26-28-25-14)13-10-22-24-20(13)23-18(19)11-6-3-4-9-15(11)27-2/h3-10,16H,2H3,(H2,22,23,24). The van der Waals surface area contributed by atoms with Crippen molar-refractivity contribution in [2.75, 3.05) is 12.4 Å². The number of para-hydroxylation sites is 1. The Labute approximate surface area is 164 Å². The van der Waals surface area contributed by atoms with E-state index in [1.807, 2.05) is 42.5 Å². The van der Waals surface area contributed by atoms with Crippen molar-refractivity contribution in [3.63, 3.8) is 0 Å². The molecule has 1 atom stereocenters. The zero-order valence-electron chi connectivity index (χ0n) is 14.8. The smallest absolute Gasteiger partial charge is 0.200 e. The van der Waals surface area contributed by atoms with Gasteiger partial charge in [0.2, 0.25) is 5.70 Å². The normalized spacial score (nSPS) is 15.8. The van der Waals surface area contributed by atoms with Crippen LogP contribution in [0, 0.1) is 6.57 Å². The molecule has 0 amide bonds. The Balaban J connectivity index is 1.81. The van der Waals surface area contributed by atoms with Crippen molar-refractivity contribution in [3.8, 4) is 5.75 Å². The molecule has 0 bridgehead atoms. The summed E-state index contributed by atoms with van der Waals surface area (Å²) in [4.78, 5) is 3.93. The van der Waals surface area contributed by atoms with Crippen molar-refractivity contribution in [1.82, 2.24) is 18.9 Å². The minimum absolute atomic E-state index is 0.306. The molecule has 2 N–H and O–H groups in total. The van der Waals surface area contributed by atoms with Crippen LogP contribution in [-0.4, -0.2) is 26.1 Å². The fourth-order valence-corrected chi connectivity index (χ4v) is 4.20. The summed E-state index contributed by atoms with van der Waals surface area (Å²) in [5.74, 6) is 1.15. The van der Waals surface area contributed by atoms with Gasteiger partial charge in [0.05, 0.1) is 43.2 Å². The predicted octanol–water partition coefficient (Wildman–Crippen LogP) is 4.27. The lowest BCUT2D eigenvalue weighted by atomic mass is 9.85. The van der Waals surface area contributed by atoms with E-state index in [4.69, 9.17) is 11.3 Å². The van der Waals surface area contributed by atoms with Gasteiger partial charge in [-0.1, -0.05) is 30.3 Å². The Morgan fingerprint density at radius 3 is 2.86 bits per heavy atom. The molecule has 1 aliphatic heterocycles. The quantitative estimate of drug-likeness (QED) is 0.514. The maximum Gasteiger partial charge on any atom is 0.200 e. The van der Waals surface area contributed by atoms with Gasteiger partial charge in [0.1, 0.15) is 22.6 Å². The van der Waals surface area contributed by atoms with Crippen LogP contribution in [0.15, 0.2) is 54.4 Å². The summed E-state index contributed by atoms with van der Waals surface area (Å²) in [6.45, 7) is 7.97. The fraction of sp³-hybridized carbons (Fsp3) is 0.100. The lowest BCUT2D eigenvalue weighted by Gasteiger charge is -2.27. The highest BCUT2D eigenvalue weighted by Crippen LogP contribution is 2.46. The van der Waals surface area contributed by atoms with E-state index >= 15 is 0 Å². The molecule has 0 spiro atoms. The number of nitrogens with zero attached hydrogens (tertiary/aromatic N) is 4. The van der Waals surface area contributed by atoms with E-state index in [1.165, 1.54) is 11.7 Å². The molecule has 0 saturated carbocycles. The van der Waals surface area contributed by atoms with Gasteiger partial charge in [-0.2, -0.15) is 13.8 Å². The number of benzene rings is 2. The zero-order valence-corrected chi connectivity index (χ0v) is 15.6. The molecule has 4 aromatic rings. The van der Waals surface area contributed by atoms with Crippen LogP contribution < -0.4 is 10.1 Å². The summed E-state index contributed by atoms with van der Waals surface area (Å²) in [6.07, 6.45) is 1.76. The molecule has 0 radical (unpaired) electrons. The molecule has 2 aromatic heterocycles. The number of ether oxygens (including phenoxy) is 1. The molecule has 1 aliphatic rings. The largest absolute Gasteiger partial charge is 0.496 e. The molecule has 5 rings (SSSR count). The van der Waals surface area contributed by atoms with E-state index in [1.54, 1.807) is 13.3 Å². The first kappa shape index (κ1) is 16.5. The Bertz CT molecular complexity index is 1260. The maximum atomic E-state index is 7.97. The highest BCUT2D eigenvalue weighted by molar-refractivity contribution is 7.00. The van der Waals surface area contributed by atoms with Crippen LogP contribution in [0.1, 0.15) is 22.6 Å². The molecule has 3 heterocycles. The van der Waals surface area contributed by atoms with E-state index in [0.717, 1.165) is 33.5 Å². The Morgan fingerprint density at radius 2 is 2.00 bits per heavy atom. The lowest BCUT2D eigenvalue weighted by Crippen LogP contribution is -2.17. The summed E-state index contributed by atoms with van der Waals surface area (Å²) in [7, 11) is 1.63. The summed E-state index contributed by atoms with van der Waals surface area (Å²) in [6, 6.07) is 13.5. The molecule has 28 heavy (non-hydrogen) atoms. The number of rotatable bonds is 3. The molecule has 1 unspecified atom stereocenters. The number of H-pyrrole nitrogens is 1. The van der Waals surface area contributed by atoms with Gasteiger partial charge < -0.3 is 10.1 Å². The lowest BCUT2D eigenvalue weighted by molar-refractivity contribution is 0.413. The van der Waals surface area contributed by atoms with E-state index in [2.05, 4.69) is 29.1 Å². The second-order valence-corrected chi connectivity index (χ2v) is 6.84. The average Bonchev–Trinajstić information content (AvgIpc) is 3.41. The SMILES string of the molecule is [C-]#[N+]C1=C(c2ccccc2OC)Nc2[nH]ncc2C1c1cccc2nsnc12. The number of nitrogens with one attached hydrogen (secondary N) is 2. The number of aromatic nitrogens is 4. The van der Waals surface area contributed by atoms with E-state index in [9.17, 15) is 0 Å². The van der Waals surface area contributed by atoms with Crippen LogP contribution in [0.4, 0.5) is 5.82 Å². The molecule has 2 aromatic carbocycles. The Hall–Kier alpha value is -3.70. The third-order valence-electron chi connectivity index (χ3n) is 4.88. The van der Waals surface area contributed by atoms with Gasteiger partial charge in [-0.3, -0.25) is 5.10 Å². The van der Waals surface area contributed by atoms with Gasteiger partial charge in [0.15, 0.2) is 0 Å². The molecular weight excluding hydrogens is 372 g/mol. The van der Waals surface area contributed by atoms with Crippen LogP contribution in [-0.2, 0) is 0 Å². The van der Waals surface area contributed by atoms with Gasteiger partial charge in [0, 0.05) is 11.1 Å². The minimum atomic E-state index is -0.306. The fourth-order valence-electron chi connectivity index (χ4n) is 3.65. The Kier molecular flexibility index (Phi) is 3.81. The highest BCUT2D eigenvalue weighted by Gasteiger charge is 2.34. The summed E-state index contributed by atoms with van der Waals surface area (Å²) in [5.41, 5.74) is 5.58. The summed E-state index contributed by atoms with van der Waals surface area (Å²) < 4.78 is 14.4. The maximum absolute atomic E-state index is 7.97. The number of fused-ring (bicyclic) bond motifs is 2. The second-order valence-electron chi connectivity index (χ2n) is 6.31. The van der Waals surface area contributed by atoms with Crippen LogP contribution in [0.5, 0.6) is 5.75 Å². The molecule has 0 fully saturated rings. The van der Waals surface area contributed by atoms with Crippen molar-refractivity contribution in [1.29, 1.82) is 0 Å². The van der Waals surface area contributed by atoms with Gasteiger partial charge >= 0.3 is 0 Å². The number of hydrogen-bond acceptors (Lipinski definition) is 6. The van der Waals surface area contributed by atoms with Gasteiger partial charge in [0.25, 0.3) is 0 Å². The summed E-state index contributed by atoms with van der Waals surface area (Å²) >= 11 is 1.17. The van der Waals surface area contributed by atoms with Crippen LogP contribution in [0.2, 0.25) is 0 Å². The van der Waals surface area contributed by atoms with Crippen molar-refractivity contribution >= 4 is 34.3 Å². The third kappa shape index (κ3) is 2.37. The summed E-state index contributed by atoms with van der Waals surface area (Å²) in [5, 5.41) is 10.6. The average molecular weight is 386 g/mol. The first-order valence-electron chi connectivity index (χ1n) is 8.58. The van der Waals surface area contributed by atoms with E-state index in [0.29, 0.717) is 17.1 Å². The molecular formula is C20H14N6OS. The predicted molar refractivity (Wildman–Crippen MR) is 108 cm³/mol.